The SMILES string of the molecule is Cc1ccc(C)c(C(=O)C2C(=O)C(=O)N(c3nnc(C)s3)C2c2ccc(C(C)C)cc2)c1. The average molecular weight is 448 g/mol. The van der Waals surface area contributed by atoms with Crippen molar-refractivity contribution in [3.05, 3.63) is 75.3 Å². The lowest BCUT2D eigenvalue weighted by Crippen LogP contribution is -2.30. The highest BCUT2D eigenvalue weighted by Crippen LogP contribution is 2.42. The van der Waals surface area contributed by atoms with Gasteiger partial charge in [-0.15, -0.1) is 10.2 Å². The molecule has 4 rings (SSSR count). The van der Waals surface area contributed by atoms with Crippen LogP contribution in [0.25, 0.3) is 0 Å². The number of rotatable bonds is 5. The van der Waals surface area contributed by atoms with Gasteiger partial charge in [0.05, 0.1) is 6.04 Å². The van der Waals surface area contributed by atoms with Gasteiger partial charge in [-0.3, -0.25) is 19.3 Å². The molecule has 0 saturated carbocycles. The van der Waals surface area contributed by atoms with E-state index in [1.54, 1.807) is 13.0 Å². The first-order valence-electron chi connectivity index (χ1n) is 10.6. The molecule has 1 saturated heterocycles. The molecule has 0 bridgehead atoms. The Morgan fingerprint density at radius 3 is 2.28 bits per heavy atom. The zero-order valence-electron chi connectivity index (χ0n) is 18.7. The molecule has 0 radical (unpaired) electrons. The highest BCUT2D eigenvalue weighted by atomic mass is 32.1. The maximum absolute atomic E-state index is 13.7. The lowest BCUT2D eigenvalue weighted by Gasteiger charge is -2.25. The molecule has 32 heavy (non-hydrogen) atoms. The lowest BCUT2D eigenvalue weighted by molar-refractivity contribution is -0.135. The van der Waals surface area contributed by atoms with Crippen LogP contribution < -0.4 is 4.90 Å². The molecule has 0 spiro atoms. The molecule has 1 aromatic heterocycles. The Kier molecular flexibility index (Phi) is 5.77. The van der Waals surface area contributed by atoms with Gasteiger partial charge < -0.3 is 0 Å². The minimum absolute atomic E-state index is 0.329. The van der Waals surface area contributed by atoms with Gasteiger partial charge in [0.15, 0.2) is 5.78 Å². The summed E-state index contributed by atoms with van der Waals surface area (Å²) in [4.78, 5) is 41.4. The Morgan fingerprint density at radius 1 is 1.00 bits per heavy atom. The maximum atomic E-state index is 13.7. The van der Waals surface area contributed by atoms with Gasteiger partial charge in [-0.05, 0) is 49.4 Å². The molecule has 3 aromatic rings. The summed E-state index contributed by atoms with van der Waals surface area (Å²) >= 11 is 1.23. The zero-order valence-corrected chi connectivity index (χ0v) is 19.6. The number of aryl methyl sites for hydroxylation is 3. The van der Waals surface area contributed by atoms with Gasteiger partial charge in [-0.2, -0.15) is 0 Å². The van der Waals surface area contributed by atoms with Crippen LogP contribution in [0.5, 0.6) is 0 Å². The zero-order chi connectivity index (χ0) is 23.2. The number of benzene rings is 2. The third-order valence-corrected chi connectivity index (χ3v) is 6.75. The van der Waals surface area contributed by atoms with Crippen LogP contribution in [0.1, 0.15) is 63.4 Å². The summed E-state index contributed by atoms with van der Waals surface area (Å²) in [7, 11) is 0. The van der Waals surface area contributed by atoms with Crippen molar-refractivity contribution < 1.29 is 14.4 Å². The Balaban J connectivity index is 1.86. The first-order valence-corrected chi connectivity index (χ1v) is 11.4. The Labute approximate surface area is 191 Å². The molecule has 2 unspecified atom stereocenters. The van der Waals surface area contributed by atoms with Gasteiger partial charge in [0, 0.05) is 5.56 Å². The number of hydrogen-bond donors (Lipinski definition) is 0. The van der Waals surface area contributed by atoms with Crippen molar-refractivity contribution in [1.29, 1.82) is 0 Å². The van der Waals surface area contributed by atoms with Crippen LogP contribution in [0.4, 0.5) is 5.13 Å². The average Bonchev–Trinajstić information content (AvgIpc) is 3.30. The number of carbonyl (C=O) groups is 3. The van der Waals surface area contributed by atoms with Crippen molar-refractivity contribution in [2.75, 3.05) is 4.90 Å². The summed E-state index contributed by atoms with van der Waals surface area (Å²) in [6, 6.07) is 12.6. The summed E-state index contributed by atoms with van der Waals surface area (Å²) in [6.07, 6.45) is 0. The number of Topliss-reactive ketones (excluding diaryl/α,β-unsaturated/α-hetero) is 2. The van der Waals surface area contributed by atoms with Crippen molar-refractivity contribution in [2.45, 2.75) is 46.6 Å². The molecule has 2 aromatic carbocycles. The van der Waals surface area contributed by atoms with Gasteiger partial charge >= 0.3 is 0 Å². The number of nitrogens with zero attached hydrogens (tertiary/aromatic N) is 3. The second-order valence-corrected chi connectivity index (χ2v) is 9.73. The van der Waals surface area contributed by atoms with Gasteiger partial charge in [0.2, 0.25) is 10.9 Å². The largest absolute Gasteiger partial charge is 0.297 e. The van der Waals surface area contributed by atoms with Crippen LogP contribution in [0.15, 0.2) is 42.5 Å². The summed E-state index contributed by atoms with van der Waals surface area (Å²) in [5.41, 5.74) is 4.03. The Morgan fingerprint density at radius 2 is 1.69 bits per heavy atom. The lowest BCUT2D eigenvalue weighted by atomic mass is 9.84. The fraction of sp³-hybridized carbons (Fsp3) is 0.320. The number of carbonyl (C=O) groups excluding carboxylic acids is 3. The van der Waals surface area contributed by atoms with Gasteiger partial charge in [0.1, 0.15) is 10.9 Å². The normalized spacial score (nSPS) is 18.6. The molecule has 1 aliphatic heterocycles. The van der Waals surface area contributed by atoms with Crippen molar-refractivity contribution in [2.24, 2.45) is 5.92 Å². The number of ketones is 2. The highest BCUT2D eigenvalue weighted by molar-refractivity contribution is 7.15. The predicted octanol–water partition coefficient (Wildman–Crippen LogP) is 4.74. The van der Waals surface area contributed by atoms with Gasteiger partial charge in [-0.1, -0.05) is 67.1 Å². The molecule has 0 aliphatic carbocycles. The predicted molar refractivity (Wildman–Crippen MR) is 124 cm³/mol. The quantitative estimate of drug-likeness (QED) is 0.321. The number of anilines is 1. The van der Waals surface area contributed by atoms with Crippen LogP contribution in [-0.4, -0.2) is 27.7 Å². The molecular weight excluding hydrogens is 422 g/mol. The molecule has 0 N–H and O–H groups in total. The Bertz CT molecular complexity index is 1210. The monoisotopic (exact) mass is 447 g/mol. The molecule has 2 atom stereocenters. The first kappa shape index (κ1) is 22.0. The molecule has 1 aliphatic rings. The topological polar surface area (TPSA) is 80.2 Å². The first-order chi connectivity index (χ1) is 15.2. The molecule has 1 amide bonds. The van der Waals surface area contributed by atoms with Crippen molar-refractivity contribution in [3.8, 4) is 0 Å². The molecule has 2 heterocycles. The highest BCUT2D eigenvalue weighted by Gasteiger charge is 2.53. The molecule has 164 valence electrons. The third kappa shape index (κ3) is 3.77. The van der Waals surface area contributed by atoms with Crippen LogP contribution in [0.3, 0.4) is 0 Å². The molecule has 6 nitrogen and oxygen atoms in total. The van der Waals surface area contributed by atoms with Crippen LogP contribution in [0.2, 0.25) is 0 Å². The minimum atomic E-state index is -1.14. The molecule has 1 fully saturated rings. The fourth-order valence-electron chi connectivity index (χ4n) is 4.11. The van der Waals surface area contributed by atoms with E-state index in [1.165, 1.54) is 16.2 Å². The molecular formula is C25H25N3O3S. The number of aromatic nitrogens is 2. The van der Waals surface area contributed by atoms with E-state index in [9.17, 15) is 14.4 Å². The molecule has 7 heteroatoms. The summed E-state index contributed by atoms with van der Waals surface area (Å²) < 4.78 is 0. The summed E-state index contributed by atoms with van der Waals surface area (Å²) in [6.45, 7) is 9.72. The van der Waals surface area contributed by atoms with E-state index < -0.39 is 23.7 Å². The second kappa shape index (κ2) is 8.39. The summed E-state index contributed by atoms with van der Waals surface area (Å²) in [5.74, 6) is -2.57. The van der Waals surface area contributed by atoms with Crippen molar-refractivity contribution in [3.63, 3.8) is 0 Å². The van der Waals surface area contributed by atoms with E-state index in [2.05, 4.69) is 24.0 Å². The number of hydrogen-bond acceptors (Lipinski definition) is 6. The van der Waals surface area contributed by atoms with E-state index in [-0.39, 0.29) is 5.78 Å². The minimum Gasteiger partial charge on any atom is -0.293 e. The van der Waals surface area contributed by atoms with Crippen LogP contribution >= 0.6 is 11.3 Å². The van der Waals surface area contributed by atoms with E-state index in [0.717, 1.165) is 22.3 Å². The smallest absolute Gasteiger partial charge is 0.293 e. The number of amides is 1. The standard InChI is InChI=1S/C25H25N3O3S/c1-13(2)17-8-10-18(11-9-17)21-20(22(29)19-12-14(3)6-7-15(19)4)23(30)24(31)28(21)25-27-26-16(5)32-25/h6-13,20-21H,1-5H3. The van der Waals surface area contributed by atoms with E-state index in [0.29, 0.717) is 21.6 Å². The van der Waals surface area contributed by atoms with Gasteiger partial charge in [0.25, 0.3) is 5.91 Å². The van der Waals surface area contributed by atoms with Crippen LogP contribution in [-0.2, 0) is 9.59 Å². The van der Waals surface area contributed by atoms with Crippen LogP contribution in [0, 0.1) is 26.7 Å². The second-order valence-electron chi connectivity index (χ2n) is 8.57. The Hall–Kier alpha value is -3.19. The van der Waals surface area contributed by atoms with Crippen molar-refractivity contribution in [1.82, 2.24) is 10.2 Å². The summed E-state index contributed by atoms with van der Waals surface area (Å²) in [5, 5.41) is 9.14. The van der Waals surface area contributed by atoms with Crippen molar-refractivity contribution >= 4 is 33.9 Å². The van der Waals surface area contributed by atoms with E-state index in [1.807, 2.05) is 50.2 Å². The van der Waals surface area contributed by atoms with E-state index in [4.69, 9.17) is 0 Å². The third-order valence-electron chi connectivity index (χ3n) is 5.91. The fourth-order valence-corrected chi connectivity index (χ4v) is 4.83. The maximum Gasteiger partial charge on any atom is 0.297 e. The van der Waals surface area contributed by atoms with Gasteiger partial charge in [-0.25, -0.2) is 0 Å². The van der Waals surface area contributed by atoms with E-state index >= 15 is 0 Å².